The summed E-state index contributed by atoms with van der Waals surface area (Å²) in [6.07, 6.45) is -23.7. The molecule has 1 nitrogen and oxygen atoms in total. The molecule has 0 aliphatic heterocycles. The van der Waals surface area contributed by atoms with Crippen LogP contribution in [0, 0.1) is 0 Å². The fraction of sp³-hybridized carbons (Fsp3) is 0.400. The van der Waals surface area contributed by atoms with Crippen molar-refractivity contribution in [2.45, 2.75) is 49.2 Å². The third kappa shape index (κ3) is 6.34. The molecule has 0 aromatic heterocycles. The summed E-state index contributed by atoms with van der Waals surface area (Å²) < 4.78 is 141. The molecule has 0 N–H and O–H groups in total. The van der Waals surface area contributed by atoms with E-state index in [0.717, 1.165) is 48.5 Å². The van der Waals surface area contributed by atoms with Gasteiger partial charge in [-0.05, 0) is 0 Å². The van der Waals surface area contributed by atoms with E-state index in [2.05, 4.69) is 4.74 Å². The van der Waals surface area contributed by atoms with Crippen LogP contribution in [0.15, 0.2) is 60.7 Å². The highest BCUT2D eigenvalue weighted by Gasteiger charge is 2.58. The molecule has 31 heavy (non-hydrogen) atoms. The maximum absolute atomic E-state index is 13.9. The van der Waals surface area contributed by atoms with Gasteiger partial charge in [0.15, 0.2) is 12.3 Å². The van der Waals surface area contributed by atoms with Crippen LogP contribution in [0.1, 0.15) is 24.0 Å². The van der Waals surface area contributed by atoms with E-state index in [4.69, 9.17) is 0 Å². The zero-order valence-corrected chi connectivity index (χ0v) is 15.5. The van der Waals surface area contributed by atoms with Crippen molar-refractivity contribution < 1.29 is 48.6 Å². The van der Waals surface area contributed by atoms with Gasteiger partial charge in [-0.1, -0.05) is 60.7 Å². The zero-order valence-electron chi connectivity index (χ0n) is 15.5. The van der Waals surface area contributed by atoms with Gasteiger partial charge in [-0.15, -0.1) is 0 Å². The smallest absolute Gasteiger partial charge is 0.251 e. The Hall–Kier alpha value is -2.30. The van der Waals surface area contributed by atoms with Gasteiger partial charge in [0.2, 0.25) is 0 Å². The topological polar surface area (TPSA) is 9.23 Å². The van der Waals surface area contributed by atoms with E-state index in [1.54, 1.807) is 0 Å². The van der Waals surface area contributed by atoms with E-state index in [1.165, 1.54) is 12.1 Å². The van der Waals surface area contributed by atoms with Crippen LogP contribution < -0.4 is 0 Å². The Morgan fingerprint density at radius 1 is 0.548 bits per heavy atom. The first-order valence-electron chi connectivity index (χ1n) is 8.78. The van der Waals surface area contributed by atoms with E-state index in [0.29, 0.717) is 0 Å². The summed E-state index contributed by atoms with van der Waals surface area (Å²) in [6.45, 7) is 0. The van der Waals surface area contributed by atoms with E-state index in [-0.39, 0.29) is 0 Å². The van der Waals surface area contributed by atoms with E-state index >= 15 is 0 Å². The molecule has 0 amide bonds. The third-order valence-electron chi connectivity index (χ3n) is 4.26. The summed E-state index contributed by atoms with van der Waals surface area (Å²) in [5.74, 6) is -8.39. The van der Waals surface area contributed by atoms with E-state index < -0.39 is 60.4 Å². The highest BCUT2D eigenvalue weighted by Crippen LogP contribution is 2.44. The van der Waals surface area contributed by atoms with Crippen LogP contribution >= 0.6 is 0 Å². The molecule has 0 saturated heterocycles. The Morgan fingerprint density at radius 2 is 0.839 bits per heavy atom. The number of hydrogen-bond acceptors (Lipinski definition) is 1. The van der Waals surface area contributed by atoms with Gasteiger partial charge in [-0.3, -0.25) is 4.74 Å². The Bertz CT molecular complexity index is 757. The number of ether oxygens (including phenoxy) is 1. The van der Waals surface area contributed by atoms with Gasteiger partial charge in [0.25, 0.3) is 11.8 Å². The lowest BCUT2D eigenvalue weighted by molar-refractivity contribution is -0.411. The minimum atomic E-state index is -5.59. The lowest BCUT2D eigenvalue weighted by Crippen LogP contribution is -2.47. The molecular formula is C20H16F10O. The van der Waals surface area contributed by atoms with Crippen LogP contribution in [-0.2, 0) is 16.6 Å². The van der Waals surface area contributed by atoms with Crippen molar-refractivity contribution in [1.82, 2.24) is 0 Å². The molecular weight excluding hydrogens is 446 g/mol. The van der Waals surface area contributed by atoms with Gasteiger partial charge >= 0.3 is 12.2 Å². The molecule has 0 spiro atoms. The number of rotatable bonds is 10. The molecule has 0 bridgehead atoms. The third-order valence-corrected chi connectivity index (χ3v) is 4.26. The minimum absolute atomic E-state index is 0.795. The fourth-order valence-electron chi connectivity index (χ4n) is 2.60. The molecule has 0 aliphatic rings. The van der Waals surface area contributed by atoms with Crippen LogP contribution in [0.25, 0.3) is 0 Å². The summed E-state index contributed by atoms with van der Waals surface area (Å²) in [4.78, 5) is 0. The predicted octanol–water partition coefficient (Wildman–Crippen LogP) is 7.23. The normalized spacial score (nSPS) is 15.5. The van der Waals surface area contributed by atoms with Crippen LogP contribution in [0.4, 0.5) is 43.9 Å². The summed E-state index contributed by atoms with van der Waals surface area (Å²) in [5.41, 5.74) is -1.74. The lowest BCUT2D eigenvalue weighted by Gasteiger charge is -2.30. The molecule has 0 fully saturated rings. The standard InChI is InChI=1S/C20H16F10O/c21-15(11-17(23,24)13-7-3-1-4-8-13)19(27,28)31-20(29,30)16(22)12-18(25,26)14-9-5-2-6-10-14/h1-10,15-16H,11-12H2. The van der Waals surface area contributed by atoms with Crippen LogP contribution in [0.5, 0.6) is 0 Å². The molecule has 11 heteroatoms. The Balaban J connectivity index is 2.09. The highest BCUT2D eigenvalue weighted by molar-refractivity contribution is 5.21. The molecule has 2 aromatic rings. The highest BCUT2D eigenvalue weighted by atomic mass is 19.3. The molecule has 2 unspecified atom stereocenters. The van der Waals surface area contributed by atoms with Crippen molar-refractivity contribution in [3.63, 3.8) is 0 Å². The van der Waals surface area contributed by atoms with Gasteiger partial charge in [0.05, 0.1) is 12.8 Å². The first-order valence-corrected chi connectivity index (χ1v) is 8.78. The molecule has 172 valence electrons. The summed E-state index contributed by atoms with van der Waals surface area (Å²) in [6, 6.07) is 10.3. The summed E-state index contributed by atoms with van der Waals surface area (Å²) in [7, 11) is 0. The van der Waals surface area contributed by atoms with Crippen molar-refractivity contribution in [2.75, 3.05) is 0 Å². The molecule has 2 rings (SSSR count). The van der Waals surface area contributed by atoms with Crippen LogP contribution in [-0.4, -0.2) is 24.6 Å². The first kappa shape index (κ1) is 25.0. The number of benzene rings is 2. The minimum Gasteiger partial charge on any atom is -0.251 e. The van der Waals surface area contributed by atoms with Gasteiger partial charge < -0.3 is 0 Å². The monoisotopic (exact) mass is 462 g/mol. The molecule has 0 heterocycles. The Kier molecular flexibility index (Phi) is 7.29. The van der Waals surface area contributed by atoms with Crippen molar-refractivity contribution in [2.24, 2.45) is 0 Å². The van der Waals surface area contributed by atoms with Gasteiger partial charge in [-0.25, -0.2) is 26.3 Å². The first-order chi connectivity index (χ1) is 14.2. The number of alkyl halides is 10. The average Bonchev–Trinajstić information content (AvgIpc) is 2.68. The quantitative estimate of drug-likeness (QED) is 0.339. The van der Waals surface area contributed by atoms with Crippen molar-refractivity contribution in [1.29, 1.82) is 0 Å². The van der Waals surface area contributed by atoms with E-state index in [9.17, 15) is 43.9 Å². The van der Waals surface area contributed by atoms with Crippen molar-refractivity contribution in [3.8, 4) is 0 Å². The molecule has 0 aliphatic carbocycles. The van der Waals surface area contributed by atoms with Crippen molar-refractivity contribution in [3.05, 3.63) is 71.8 Å². The molecule has 2 aromatic carbocycles. The predicted molar refractivity (Wildman–Crippen MR) is 90.7 cm³/mol. The Labute approximate surface area is 170 Å². The average molecular weight is 462 g/mol. The van der Waals surface area contributed by atoms with Gasteiger partial charge in [0, 0.05) is 11.1 Å². The van der Waals surface area contributed by atoms with Crippen LogP contribution in [0.2, 0.25) is 0 Å². The number of halogens is 10. The second-order valence-corrected chi connectivity index (χ2v) is 6.71. The maximum atomic E-state index is 13.9. The largest absolute Gasteiger partial charge is 0.391 e. The molecule has 2 atom stereocenters. The molecule has 0 saturated carbocycles. The van der Waals surface area contributed by atoms with Crippen LogP contribution in [0.3, 0.4) is 0 Å². The zero-order chi connectivity index (χ0) is 23.5. The van der Waals surface area contributed by atoms with Gasteiger partial charge in [0.1, 0.15) is 0 Å². The SMILES string of the molecule is FC(CC(F)(F)c1ccccc1)C(F)(F)OC(F)(F)C(F)CC(F)(F)c1ccccc1. The Morgan fingerprint density at radius 3 is 1.13 bits per heavy atom. The second-order valence-electron chi connectivity index (χ2n) is 6.71. The molecule has 0 radical (unpaired) electrons. The summed E-state index contributed by atoms with van der Waals surface area (Å²) in [5, 5.41) is 0. The number of hydrogen-bond donors (Lipinski definition) is 0. The maximum Gasteiger partial charge on any atom is 0.391 e. The fourth-order valence-corrected chi connectivity index (χ4v) is 2.60. The van der Waals surface area contributed by atoms with E-state index in [1.807, 2.05) is 0 Å². The van der Waals surface area contributed by atoms with Gasteiger partial charge in [-0.2, -0.15) is 17.6 Å². The second kappa shape index (κ2) is 9.05. The lowest BCUT2D eigenvalue weighted by atomic mass is 10.0. The van der Waals surface area contributed by atoms with Crippen molar-refractivity contribution >= 4 is 0 Å². The summed E-state index contributed by atoms with van der Waals surface area (Å²) >= 11 is 0.